The van der Waals surface area contributed by atoms with E-state index < -0.39 is 17.5 Å². The van der Waals surface area contributed by atoms with Crippen LogP contribution in [0.5, 0.6) is 11.6 Å². The van der Waals surface area contributed by atoms with E-state index in [4.69, 9.17) is 9.72 Å². The highest BCUT2D eigenvalue weighted by Crippen LogP contribution is 2.36. The number of urea groups is 1. The fourth-order valence-corrected chi connectivity index (χ4v) is 5.49. The van der Waals surface area contributed by atoms with Crippen LogP contribution in [0, 0.1) is 0 Å². The summed E-state index contributed by atoms with van der Waals surface area (Å²) in [4.78, 5) is 30.0. The zero-order chi connectivity index (χ0) is 24.2. The molecule has 2 aromatic heterocycles. The molecule has 3 aromatic carbocycles. The van der Waals surface area contributed by atoms with Crippen molar-refractivity contribution < 1.29 is 19.4 Å². The number of fused-ring (bicyclic) bond motifs is 2. The highest BCUT2D eigenvalue weighted by atomic mass is 32.1. The van der Waals surface area contributed by atoms with Gasteiger partial charge in [-0.2, -0.15) is 0 Å². The summed E-state index contributed by atoms with van der Waals surface area (Å²) in [6, 6.07) is 20.1. The number of imide groups is 1. The molecule has 5 aromatic rings. The topological polar surface area (TPSA) is 105 Å². The van der Waals surface area contributed by atoms with E-state index in [1.54, 1.807) is 41.3 Å². The maximum Gasteiger partial charge on any atom is 0.322 e. The molecule has 35 heavy (non-hydrogen) atoms. The number of nitrogens with one attached hydrogen (secondary N) is 2. The number of hydrogen-bond acceptors (Lipinski definition) is 6. The highest BCUT2D eigenvalue weighted by molar-refractivity contribution is 7.21. The van der Waals surface area contributed by atoms with Gasteiger partial charge in [-0.15, -0.1) is 11.3 Å². The van der Waals surface area contributed by atoms with Crippen LogP contribution >= 0.6 is 11.3 Å². The number of hydrogen-bond donors (Lipinski definition) is 3. The minimum Gasteiger partial charge on any atom is -0.497 e. The molecule has 1 aliphatic heterocycles. The number of thiazole rings is 1. The van der Waals surface area contributed by atoms with Crippen LogP contribution in [-0.2, 0) is 16.9 Å². The van der Waals surface area contributed by atoms with Crippen LogP contribution in [0.25, 0.3) is 31.6 Å². The molecule has 1 saturated heterocycles. The molecule has 0 bridgehead atoms. The van der Waals surface area contributed by atoms with Gasteiger partial charge in [0, 0.05) is 22.5 Å². The number of methoxy groups -OCH3 is 1. The molecule has 1 fully saturated rings. The lowest BCUT2D eigenvalue weighted by Crippen LogP contribution is -2.47. The monoisotopic (exact) mass is 484 g/mol. The number of carbonyl (C=O) groups is 2. The van der Waals surface area contributed by atoms with Gasteiger partial charge in [0.2, 0.25) is 0 Å². The third-order valence-corrected chi connectivity index (χ3v) is 7.42. The Hall–Kier alpha value is -4.37. The van der Waals surface area contributed by atoms with E-state index in [9.17, 15) is 14.7 Å². The first-order chi connectivity index (χ1) is 17.0. The number of para-hydroxylation sites is 1. The standard InChI is InChI=1S/C26H20N4O4S/c1-34-18-11-8-16-13-30(23(31)19(16)12-18)14-26(24(32)28-25(33)29-26)17-9-6-15(7-10-17)22-27-20-4-2-3-5-21(20)35-22/h2-13,31H,14H2,1H3,(H2,28,29,32,33)/t26-/m0/s1. The third-order valence-electron chi connectivity index (χ3n) is 6.34. The van der Waals surface area contributed by atoms with Crippen LogP contribution in [0.3, 0.4) is 0 Å². The predicted molar refractivity (Wildman–Crippen MR) is 134 cm³/mol. The zero-order valence-electron chi connectivity index (χ0n) is 18.6. The molecule has 0 saturated carbocycles. The first-order valence-corrected chi connectivity index (χ1v) is 11.7. The summed E-state index contributed by atoms with van der Waals surface area (Å²) in [6.07, 6.45) is 1.75. The minimum atomic E-state index is -1.39. The van der Waals surface area contributed by atoms with Crippen molar-refractivity contribution in [3.05, 3.63) is 78.5 Å². The smallest absolute Gasteiger partial charge is 0.322 e. The van der Waals surface area contributed by atoms with Gasteiger partial charge in [0.25, 0.3) is 5.91 Å². The number of aromatic hydroxyl groups is 1. The first-order valence-electron chi connectivity index (χ1n) is 10.9. The molecule has 1 aliphatic rings. The van der Waals surface area contributed by atoms with Crippen LogP contribution in [0.4, 0.5) is 4.79 Å². The molecule has 0 unspecified atom stereocenters. The Labute approximate surface area is 203 Å². The number of carbonyl (C=O) groups excluding carboxylic acids is 2. The molecule has 8 nitrogen and oxygen atoms in total. The van der Waals surface area contributed by atoms with Gasteiger partial charge >= 0.3 is 6.03 Å². The first kappa shape index (κ1) is 21.2. The molecule has 3 heterocycles. The Balaban J connectivity index is 1.40. The zero-order valence-corrected chi connectivity index (χ0v) is 19.4. The third kappa shape index (κ3) is 3.39. The van der Waals surface area contributed by atoms with Crippen molar-refractivity contribution in [2.45, 2.75) is 12.1 Å². The Morgan fingerprint density at radius 1 is 1.09 bits per heavy atom. The largest absolute Gasteiger partial charge is 0.497 e. The van der Waals surface area contributed by atoms with Crippen molar-refractivity contribution in [3.8, 4) is 22.2 Å². The summed E-state index contributed by atoms with van der Waals surface area (Å²) in [6.45, 7) is 0.00782. The van der Waals surface area contributed by atoms with E-state index in [0.717, 1.165) is 26.2 Å². The fourth-order valence-electron chi connectivity index (χ4n) is 4.52. The quantitative estimate of drug-likeness (QED) is 0.321. The van der Waals surface area contributed by atoms with Gasteiger partial charge in [-0.1, -0.05) is 36.4 Å². The maximum atomic E-state index is 13.1. The molecule has 9 heteroatoms. The normalized spacial score (nSPS) is 17.6. The van der Waals surface area contributed by atoms with Gasteiger partial charge in [0.1, 0.15) is 10.8 Å². The van der Waals surface area contributed by atoms with Crippen LogP contribution in [0.15, 0.2) is 72.9 Å². The van der Waals surface area contributed by atoms with Crippen molar-refractivity contribution in [2.75, 3.05) is 7.11 Å². The summed E-state index contributed by atoms with van der Waals surface area (Å²) >= 11 is 1.59. The van der Waals surface area contributed by atoms with Crippen molar-refractivity contribution >= 4 is 44.3 Å². The Morgan fingerprint density at radius 3 is 2.60 bits per heavy atom. The molecule has 0 spiro atoms. The van der Waals surface area contributed by atoms with E-state index in [2.05, 4.69) is 10.6 Å². The van der Waals surface area contributed by atoms with E-state index in [0.29, 0.717) is 16.7 Å². The van der Waals surface area contributed by atoms with E-state index >= 15 is 0 Å². The second kappa shape index (κ2) is 7.85. The van der Waals surface area contributed by atoms with Crippen molar-refractivity contribution in [3.63, 3.8) is 0 Å². The molecule has 1 atom stereocenters. The number of benzene rings is 3. The maximum absolute atomic E-state index is 13.1. The Morgan fingerprint density at radius 2 is 1.89 bits per heavy atom. The molecular formula is C26H20N4O4S. The van der Waals surface area contributed by atoms with E-state index in [1.165, 1.54) is 0 Å². The number of nitrogens with zero attached hydrogens (tertiary/aromatic N) is 2. The number of aromatic nitrogens is 2. The Kier molecular flexibility index (Phi) is 4.75. The fraction of sp³-hybridized carbons (Fsp3) is 0.115. The predicted octanol–water partition coefficient (Wildman–Crippen LogP) is 4.37. The Bertz CT molecular complexity index is 1590. The highest BCUT2D eigenvalue weighted by Gasteiger charge is 2.48. The van der Waals surface area contributed by atoms with Crippen LogP contribution in [0.2, 0.25) is 0 Å². The van der Waals surface area contributed by atoms with Crippen LogP contribution < -0.4 is 15.4 Å². The van der Waals surface area contributed by atoms with Crippen molar-refractivity contribution in [1.29, 1.82) is 0 Å². The van der Waals surface area contributed by atoms with Crippen LogP contribution in [0.1, 0.15) is 5.56 Å². The molecule has 0 aliphatic carbocycles. The van der Waals surface area contributed by atoms with Crippen molar-refractivity contribution in [2.24, 2.45) is 0 Å². The molecular weight excluding hydrogens is 464 g/mol. The average molecular weight is 485 g/mol. The summed E-state index contributed by atoms with van der Waals surface area (Å²) < 4.78 is 7.92. The second-order valence-electron chi connectivity index (χ2n) is 8.41. The minimum absolute atomic E-state index is 0.00782. The van der Waals surface area contributed by atoms with Gasteiger partial charge in [-0.3, -0.25) is 10.1 Å². The van der Waals surface area contributed by atoms with Gasteiger partial charge in [0.15, 0.2) is 11.4 Å². The summed E-state index contributed by atoms with van der Waals surface area (Å²) in [5.74, 6) is 0.112. The summed E-state index contributed by atoms with van der Waals surface area (Å²) in [5, 5.41) is 18.3. The van der Waals surface area contributed by atoms with Crippen LogP contribution in [-0.4, -0.2) is 33.7 Å². The van der Waals surface area contributed by atoms with Gasteiger partial charge < -0.3 is 19.7 Å². The molecule has 3 amide bonds. The summed E-state index contributed by atoms with van der Waals surface area (Å²) in [7, 11) is 1.56. The lowest BCUT2D eigenvalue weighted by molar-refractivity contribution is -0.124. The number of amides is 3. The number of ether oxygens (including phenoxy) is 1. The van der Waals surface area contributed by atoms with E-state index in [1.807, 2.05) is 54.6 Å². The van der Waals surface area contributed by atoms with E-state index in [-0.39, 0.29) is 12.4 Å². The van der Waals surface area contributed by atoms with Gasteiger partial charge in [-0.25, -0.2) is 9.78 Å². The average Bonchev–Trinajstić information content (AvgIpc) is 3.53. The molecule has 174 valence electrons. The lowest BCUT2D eigenvalue weighted by Gasteiger charge is -2.27. The van der Waals surface area contributed by atoms with Crippen molar-refractivity contribution in [1.82, 2.24) is 20.2 Å². The SMILES string of the molecule is COc1ccc2cn(C[C@@]3(c4ccc(-c5nc6ccccc6s5)cc4)NC(=O)NC3=O)c(O)c2c1. The second-order valence-corrected chi connectivity index (χ2v) is 9.44. The molecule has 6 rings (SSSR count). The lowest BCUT2D eigenvalue weighted by atomic mass is 9.89. The summed E-state index contributed by atoms with van der Waals surface area (Å²) in [5.41, 5.74) is 1.05. The van der Waals surface area contributed by atoms with Gasteiger partial charge in [0.05, 0.1) is 23.9 Å². The number of rotatable bonds is 5. The molecule has 3 N–H and O–H groups in total. The van der Waals surface area contributed by atoms with Gasteiger partial charge in [-0.05, 0) is 35.9 Å². The molecule has 0 radical (unpaired) electrons.